The number of nitrogens with one attached hydrogen (secondary N) is 12. The summed E-state index contributed by atoms with van der Waals surface area (Å²) in [5, 5.41) is 37.2. The lowest BCUT2D eigenvalue weighted by molar-refractivity contribution is -0.141. The molecule has 0 aromatic rings. The van der Waals surface area contributed by atoms with Crippen LogP contribution in [0.15, 0.2) is 0 Å². The van der Waals surface area contributed by atoms with Gasteiger partial charge < -0.3 is 89.3 Å². The number of hydrogen-bond acceptors (Lipinski definition) is 20. The van der Waals surface area contributed by atoms with E-state index in [0.717, 1.165) is 23.5 Å². The maximum absolute atomic E-state index is 14.1. The Balaban J connectivity index is 1.56. The molecule has 15 amide bonds. The summed E-state index contributed by atoms with van der Waals surface area (Å²) in [6.07, 6.45) is -0.0932. The summed E-state index contributed by atoms with van der Waals surface area (Å²) in [7, 11) is 1.60. The molecule has 5 heterocycles. The van der Waals surface area contributed by atoms with Crippen molar-refractivity contribution in [2.75, 3.05) is 140 Å². The smallest absolute Gasteiger partial charge is 0.327 e. The monoisotopic (exact) mass is 1230 g/mol. The van der Waals surface area contributed by atoms with Gasteiger partial charge in [-0.1, -0.05) is 6.92 Å². The van der Waals surface area contributed by atoms with Gasteiger partial charge in [0.15, 0.2) is 0 Å². The Hall–Kier alpha value is -7.47. The molecule has 33 nitrogen and oxygen atoms in total. The molecule has 0 aromatic heterocycles. The van der Waals surface area contributed by atoms with Gasteiger partial charge in [-0.05, 0) is 0 Å². The van der Waals surface area contributed by atoms with E-state index >= 15 is 0 Å². The lowest BCUT2D eigenvalue weighted by Crippen LogP contribution is -2.53. The number of nitrogens with two attached hydrogens (primary N) is 1. The fourth-order valence-corrected chi connectivity index (χ4v) is 11.5. The highest BCUT2D eigenvalue weighted by Gasteiger charge is 2.62. The summed E-state index contributed by atoms with van der Waals surface area (Å²) in [5.74, 6) is -11.9. The van der Waals surface area contributed by atoms with Crippen molar-refractivity contribution >= 4 is 130 Å². The highest BCUT2D eigenvalue weighted by Crippen LogP contribution is 2.52. The largest absolute Gasteiger partial charge is 0.480 e. The maximum Gasteiger partial charge on any atom is 0.327 e. The van der Waals surface area contributed by atoms with Gasteiger partial charge in [0.2, 0.25) is 88.6 Å². The van der Waals surface area contributed by atoms with Gasteiger partial charge in [-0.25, -0.2) is 4.79 Å². The third-order valence-electron chi connectivity index (χ3n) is 13.3. The number of carbonyl (C=O) groups is 16. The van der Waals surface area contributed by atoms with E-state index in [2.05, 4.69) is 63.8 Å². The van der Waals surface area contributed by atoms with Gasteiger partial charge in [-0.3, -0.25) is 71.9 Å². The Morgan fingerprint density at radius 3 is 1.19 bits per heavy atom. The second-order valence-corrected chi connectivity index (χ2v) is 23.3. The highest BCUT2D eigenvalue weighted by atomic mass is 32.2. The van der Waals surface area contributed by atoms with E-state index < -0.39 is 171 Å². The van der Waals surface area contributed by atoms with Crippen molar-refractivity contribution in [1.82, 2.24) is 78.5 Å². The maximum atomic E-state index is 14.1. The van der Waals surface area contributed by atoms with Gasteiger partial charge in [0, 0.05) is 104 Å². The van der Waals surface area contributed by atoms with Gasteiger partial charge in [0.25, 0.3) is 0 Å². The van der Waals surface area contributed by atoms with Gasteiger partial charge in [-0.15, -0.1) is 0 Å². The lowest BCUT2D eigenvalue weighted by Gasteiger charge is -2.38. The Labute approximate surface area is 488 Å². The number of amides is 15. The molecule has 15 N–H and O–H groups in total. The van der Waals surface area contributed by atoms with Crippen LogP contribution in [0, 0.1) is 10.8 Å². The van der Waals surface area contributed by atoms with Crippen molar-refractivity contribution in [3.8, 4) is 0 Å². The molecule has 460 valence electrons. The van der Waals surface area contributed by atoms with Crippen molar-refractivity contribution in [3.05, 3.63) is 0 Å². The Morgan fingerprint density at radius 2 is 0.783 bits per heavy atom. The van der Waals surface area contributed by atoms with E-state index in [-0.39, 0.29) is 104 Å². The Kier molecular flexibility index (Phi) is 27.5. The molecule has 5 bridgehead atoms. The van der Waals surface area contributed by atoms with Crippen LogP contribution < -0.4 is 69.5 Å². The van der Waals surface area contributed by atoms with E-state index in [1.165, 1.54) is 16.7 Å². The van der Waals surface area contributed by atoms with Crippen LogP contribution in [-0.4, -0.2) is 272 Å². The Morgan fingerprint density at radius 1 is 0.446 bits per heavy atom. The quantitative estimate of drug-likeness (QED) is 0.108. The molecule has 5 aliphatic heterocycles. The van der Waals surface area contributed by atoms with Gasteiger partial charge in [-0.2, -0.15) is 35.3 Å². The molecule has 5 saturated heterocycles. The topological polar surface area (TPSA) is 473 Å². The fraction of sp³-hybridized carbons (Fsp3) is 0.660. The van der Waals surface area contributed by atoms with Crippen molar-refractivity contribution in [2.45, 2.75) is 44.3 Å². The molecule has 5 rings (SSSR count). The summed E-state index contributed by atoms with van der Waals surface area (Å²) in [5.41, 5.74) is 4.42. The van der Waals surface area contributed by atoms with Crippen LogP contribution in [0.4, 0.5) is 0 Å². The summed E-state index contributed by atoms with van der Waals surface area (Å²) in [6.45, 7) is -3.70. The minimum absolute atomic E-state index is 0.0142. The molecule has 0 aliphatic carbocycles. The lowest BCUT2D eigenvalue weighted by atomic mass is 9.69. The number of nitrogens with zero attached hydrogens (tertiary/aromatic N) is 3. The van der Waals surface area contributed by atoms with Crippen LogP contribution >= 0.6 is 35.3 Å². The average molecular weight is 1230 g/mol. The van der Waals surface area contributed by atoms with E-state index in [9.17, 15) is 81.8 Å². The number of thioether (sulfide) groups is 3. The van der Waals surface area contributed by atoms with E-state index in [4.69, 9.17) is 5.73 Å². The standard InChI is InChI=1S/C47H72N16O17S3/c1-46-22-62-25-47(46)24-61(2)40(74)3-6-81-19-27(48)43(77)57-15-36(70)53-11-32(66)49-9-30(64)51-13-34(68)55-17-38(72)59-28(20-82-7-4-41(62)75)44(78)58-16-37(71)54-12-33(67)50-10-31(65)52-14-35(69)56-18-39(73)60-29(45(79)80)21-83-8-5-42(76)63(23-46)26-47/h27-29H,3-26,48H2,1-2H3,(H,49,66)(H,50,67)(H,51,64)(H,52,65)(H,53,70)(H,54,71)(H,55,68)(H,56,69)(H,57,77)(H,58,78)(H,59,72)(H,60,73)(H,79,80)/t27-,28-,29-,46?,47+/m0/s1. The van der Waals surface area contributed by atoms with Gasteiger partial charge >= 0.3 is 5.97 Å². The summed E-state index contributed by atoms with van der Waals surface area (Å²) in [4.78, 5) is 210. The average Bonchev–Trinajstić information content (AvgIpc) is 1.66. The number of hydrogen-bond donors (Lipinski definition) is 14. The number of fused-ring (bicyclic) bond motifs is 22. The molecule has 0 radical (unpaired) electrons. The number of carboxylic acids is 1. The van der Waals surface area contributed by atoms with Crippen LogP contribution in [0.2, 0.25) is 0 Å². The highest BCUT2D eigenvalue weighted by molar-refractivity contribution is 7.99. The first-order valence-electron chi connectivity index (χ1n) is 26.1. The SMILES string of the molecule is CN1C[C@@]23CN4CC2(C)CN(C3)C(=O)CCSC[C@H](NC(=O)CNC(=O)CNC(=O)CNC(=O)CNC(=O)CNC(=O)[C@@H](N)CSCCC1=O)C(=O)NCC(=O)NCC(=O)NCC(=O)NCC(=O)NCC(=O)N[C@H](C(=O)O)CSCCC4=O. The number of aliphatic carboxylic acids is 1. The predicted octanol–water partition coefficient (Wildman–Crippen LogP) is -9.94. The van der Waals surface area contributed by atoms with Crippen LogP contribution in [-0.2, 0) is 76.7 Å². The summed E-state index contributed by atoms with van der Waals surface area (Å²) < 4.78 is 0. The molecular formula is C47H72N16O17S3. The van der Waals surface area contributed by atoms with Crippen molar-refractivity contribution in [1.29, 1.82) is 0 Å². The number of carbonyl (C=O) groups excluding carboxylic acids is 15. The summed E-state index contributed by atoms with van der Waals surface area (Å²) in [6, 6.07) is -3.86. The third kappa shape index (κ3) is 23.4. The van der Waals surface area contributed by atoms with E-state index in [0.29, 0.717) is 0 Å². The zero-order valence-electron chi connectivity index (χ0n) is 45.8. The predicted molar refractivity (Wildman–Crippen MR) is 297 cm³/mol. The van der Waals surface area contributed by atoms with Crippen molar-refractivity contribution in [2.24, 2.45) is 16.6 Å². The number of carboxylic acid groups (broad SMARTS) is 1. The first kappa shape index (κ1) is 68.0. The number of rotatable bonds is 1. The molecule has 36 heteroatoms. The molecular weight excluding hydrogens is 1160 g/mol. The first-order valence-corrected chi connectivity index (χ1v) is 29.5. The van der Waals surface area contributed by atoms with Gasteiger partial charge in [0.1, 0.15) is 12.1 Å². The molecule has 0 aromatic carbocycles. The summed E-state index contributed by atoms with van der Waals surface area (Å²) >= 11 is 3.38. The third-order valence-corrected chi connectivity index (χ3v) is 16.5. The molecule has 83 heavy (non-hydrogen) atoms. The Bertz CT molecular complexity index is 2500. The normalized spacial score (nSPS) is 27.2. The van der Waals surface area contributed by atoms with Crippen LogP contribution in [0.1, 0.15) is 26.2 Å². The minimum Gasteiger partial charge on any atom is -0.480 e. The fourth-order valence-electron chi connectivity index (χ4n) is 8.73. The molecule has 5 fully saturated rings. The van der Waals surface area contributed by atoms with E-state index in [1.807, 2.05) is 6.92 Å². The molecule has 0 saturated carbocycles. The van der Waals surface area contributed by atoms with Crippen molar-refractivity contribution in [3.63, 3.8) is 0 Å². The minimum atomic E-state index is -1.41. The van der Waals surface area contributed by atoms with E-state index in [1.54, 1.807) is 16.8 Å². The van der Waals surface area contributed by atoms with Crippen LogP contribution in [0.3, 0.4) is 0 Å². The molecule has 5 atom stereocenters. The first-order chi connectivity index (χ1) is 39.3. The van der Waals surface area contributed by atoms with Crippen LogP contribution in [0.5, 0.6) is 0 Å². The zero-order valence-corrected chi connectivity index (χ0v) is 48.3. The molecule has 1 spiro atoms. The second-order valence-electron chi connectivity index (χ2n) is 19.9. The van der Waals surface area contributed by atoms with Gasteiger partial charge in [0.05, 0.1) is 71.5 Å². The van der Waals surface area contributed by atoms with Crippen LogP contribution in [0.25, 0.3) is 0 Å². The molecule has 5 aliphatic rings. The molecule has 1 unspecified atom stereocenters. The second kappa shape index (κ2) is 33.6. The van der Waals surface area contributed by atoms with Crippen molar-refractivity contribution < 1.29 is 81.8 Å². The zero-order chi connectivity index (χ0) is 61.3.